The van der Waals surface area contributed by atoms with Crippen molar-refractivity contribution in [2.75, 3.05) is 20.2 Å². The lowest BCUT2D eigenvalue weighted by molar-refractivity contribution is 0.0136. The normalized spacial score (nSPS) is 23.6. The summed E-state index contributed by atoms with van der Waals surface area (Å²) in [6.07, 6.45) is 3.33. The molecule has 18 heavy (non-hydrogen) atoms. The molecule has 0 spiro atoms. The van der Waals surface area contributed by atoms with E-state index in [1.807, 2.05) is 0 Å². The molecule has 6 nitrogen and oxygen atoms in total. The Kier molecular flexibility index (Phi) is 5.94. The number of methoxy groups -OCH3 is 1. The molecule has 0 aliphatic carbocycles. The lowest BCUT2D eigenvalue weighted by Gasteiger charge is -2.38. The number of rotatable bonds is 3. The number of nitrogens with two attached hydrogens (primary N) is 1. The molecule has 0 bridgehead atoms. The zero-order chi connectivity index (χ0) is 12.3. The molecule has 1 aromatic rings. The van der Waals surface area contributed by atoms with Crippen LogP contribution in [0.25, 0.3) is 0 Å². The largest absolute Gasteiger partial charge is 0.381 e. The smallest absolute Gasteiger partial charge is 0.275 e. The van der Waals surface area contributed by atoms with Gasteiger partial charge in [-0.3, -0.25) is 4.79 Å². The topological polar surface area (TPSA) is 81.3 Å². The van der Waals surface area contributed by atoms with Crippen molar-refractivity contribution in [2.24, 2.45) is 5.73 Å². The predicted molar refractivity (Wildman–Crippen MR) is 71.1 cm³/mol. The minimum Gasteiger partial charge on any atom is -0.381 e. The number of piperidine rings is 1. The molecule has 8 heteroatoms. The average Bonchev–Trinajstić information content (AvgIpc) is 2.91. The Morgan fingerprint density at radius 2 is 2.50 bits per heavy atom. The molecule has 2 N–H and O–H groups in total. The molecule has 2 atom stereocenters. The van der Waals surface area contributed by atoms with Crippen LogP contribution >= 0.6 is 24.1 Å². The molecular weight excluding hydrogens is 276 g/mol. The molecule has 0 radical (unpaired) electrons. The lowest BCUT2D eigenvalue weighted by atomic mass is 9.99. The molecule has 2 rings (SSSR count). The predicted octanol–water partition coefficient (Wildman–Crippen LogP) is 0.538. The Morgan fingerprint density at radius 3 is 3.06 bits per heavy atom. The van der Waals surface area contributed by atoms with E-state index in [4.69, 9.17) is 10.5 Å². The van der Waals surface area contributed by atoms with Gasteiger partial charge in [0.15, 0.2) is 5.69 Å². The molecule has 2 heterocycles. The zero-order valence-corrected chi connectivity index (χ0v) is 11.7. The fraction of sp³-hybridized carbons (Fsp3) is 0.700. The summed E-state index contributed by atoms with van der Waals surface area (Å²) in [5, 5.41) is 0. The highest BCUT2D eigenvalue weighted by molar-refractivity contribution is 6.99. The van der Waals surface area contributed by atoms with Gasteiger partial charge in [0.05, 0.1) is 24.0 Å². The van der Waals surface area contributed by atoms with Crippen LogP contribution in [0.1, 0.15) is 23.3 Å². The molecule has 1 saturated heterocycles. The number of ether oxygens (including phenoxy) is 1. The molecule has 1 aromatic heterocycles. The third kappa shape index (κ3) is 3.17. The molecule has 102 valence electrons. The van der Waals surface area contributed by atoms with Gasteiger partial charge in [-0.2, -0.15) is 8.75 Å². The third-order valence-electron chi connectivity index (χ3n) is 3.11. The Hall–Kier alpha value is -0.760. The van der Waals surface area contributed by atoms with E-state index in [1.54, 1.807) is 12.0 Å². The Bertz CT molecular complexity index is 376. The number of carbonyl (C=O) groups excluding carboxylic acids is 1. The first-order valence-corrected chi connectivity index (χ1v) is 6.30. The molecule has 1 amide bonds. The third-order valence-corrected chi connectivity index (χ3v) is 3.59. The fourth-order valence-electron chi connectivity index (χ4n) is 2.13. The summed E-state index contributed by atoms with van der Waals surface area (Å²) in [6.45, 7) is 1.11. The van der Waals surface area contributed by atoms with Gasteiger partial charge in [-0.25, -0.2) is 0 Å². The highest BCUT2D eigenvalue weighted by Crippen LogP contribution is 2.20. The molecule has 2 unspecified atom stereocenters. The van der Waals surface area contributed by atoms with Crippen LogP contribution in [0, 0.1) is 0 Å². The fourth-order valence-corrected chi connectivity index (χ4v) is 2.53. The summed E-state index contributed by atoms with van der Waals surface area (Å²) in [7, 11) is 1.69. The van der Waals surface area contributed by atoms with Crippen LogP contribution in [0.2, 0.25) is 0 Å². The summed E-state index contributed by atoms with van der Waals surface area (Å²) >= 11 is 1.04. The number of likely N-dealkylation sites (tertiary alicyclic amines) is 1. The van der Waals surface area contributed by atoms with Gasteiger partial charge in [0, 0.05) is 26.2 Å². The van der Waals surface area contributed by atoms with Crippen molar-refractivity contribution >= 4 is 30.0 Å². The van der Waals surface area contributed by atoms with Crippen molar-refractivity contribution in [2.45, 2.75) is 25.0 Å². The highest BCUT2D eigenvalue weighted by atomic mass is 35.5. The summed E-state index contributed by atoms with van der Waals surface area (Å²) < 4.78 is 13.1. The summed E-state index contributed by atoms with van der Waals surface area (Å²) in [4.78, 5) is 13.9. The molecule has 0 aromatic carbocycles. The van der Waals surface area contributed by atoms with Crippen molar-refractivity contribution < 1.29 is 9.53 Å². The van der Waals surface area contributed by atoms with Gasteiger partial charge >= 0.3 is 0 Å². The monoisotopic (exact) mass is 292 g/mol. The maximum Gasteiger partial charge on any atom is 0.275 e. The second-order valence-electron chi connectivity index (χ2n) is 4.06. The Morgan fingerprint density at radius 1 is 1.72 bits per heavy atom. The number of nitrogens with zero attached hydrogens (tertiary/aromatic N) is 3. The van der Waals surface area contributed by atoms with Crippen LogP contribution in [0.15, 0.2) is 6.20 Å². The van der Waals surface area contributed by atoms with Crippen molar-refractivity contribution in [1.29, 1.82) is 0 Å². The lowest BCUT2D eigenvalue weighted by Crippen LogP contribution is -2.51. The number of carbonyl (C=O) groups is 1. The van der Waals surface area contributed by atoms with Gasteiger partial charge in [-0.15, -0.1) is 12.4 Å². The van der Waals surface area contributed by atoms with Gasteiger partial charge in [-0.05, 0) is 12.8 Å². The van der Waals surface area contributed by atoms with E-state index in [9.17, 15) is 4.79 Å². The second kappa shape index (κ2) is 6.98. The van der Waals surface area contributed by atoms with E-state index >= 15 is 0 Å². The summed E-state index contributed by atoms with van der Waals surface area (Å²) in [5.74, 6) is -0.0799. The average molecular weight is 293 g/mol. The molecule has 1 fully saturated rings. The molecule has 0 saturated carbocycles. The zero-order valence-electron chi connectivity index (χ0n) is 10.1. The standard InChI is InChI=1S/C10H16N4O2S.ClH/c1-16-8-2-3-14(7(4-8)5-11)10(15)9-6-12-17-13-9;/h6-8H,2-5,11H2,1H3;1H. The van der Waals surface area contributed by atoms with Crippen molar-refractivity contribution in [3.05, 3.63) is 11.9 Å². The van der Waals surface area contributed by atoms with Crippen molar-refractivity contribution in [1.82, 2.24) is 13.6 Å². The van der Waals surface area contributed by atoms with Gasteiger partial charge in [0.1, 0.15) is 0 Å². The minimum absolute atomic E-state index is 0. The van der Waals surface area contributed by atoms with E-state index in [-0.39, 0.29) is 30.5 Å². The first-order chi connectivity index (χ1) is 8.26. The highest BCUT2D eigenvalue weighted by Gasteiger charge is 2.32. The summed E-state index contributed by atoms with van der Waals surface area (Å²) in [6, 6.07) is 0.0305. The minimum atomic E-state index is -0.0799. The van der Waals surface area contributed by atoms with Crippen LogP contribution in [-0.2, 0) is 4.74 Å². The van der Waals surface area contributed by atoms with Gasteiger partial charge < -0.3 is 15.4 Å². The second-order valence-corrected chi connectivity index (χ2v) is 4.62. The van der Waals surface area contributed by atoms with E-state index in [1.165, 1.54) is 6.20 Å². The first kappa shape index (κ1) is 15.3. The van der Waals surface area contributed by atoms with E-state index < -0.39 is 0 Å². The maximum absolute atomic E-state index is 12.2. The van der Waals surface area contributed by atoms with E-state index in [0.29, 0.717) is 18.8 Å². The van der Waals surface area contributed by atoms with Crippen LogP contribution in [0.3, 0.4) is 0 Å². The first-order valence-electron chi connectivity index (χ1n) is 5.57. The van der Waals surface area contributed by atoms with Crippen LogP contribution in [0.4, 0.5) is 0 Å². The Labute approximate surface area is 116 Å². The summed E-state index contributed by atoms with van der Waals surface area (Å²) in [5.41, 5.74) is 6.13. The molecule has 1 aliphatic rings. The van der Waals surface area contributed by atoms with Crippen molar-refractivity contribution in [3.8, 4) is 0 Å². The number of hydrogen-bond acceptors (Lipinski definition) is 6. The van der Waals surface area contributed by atoms with Crippen LogP contribution in [0.5, 0.6) is 0 Å². The number of amides is 1. The van der Waals surface area contributed by atoms with Crippen molar-refractivity contribution in [3.63, 3.8) is 0 Å². The Balaban J connectivity index is 0.00000162. The quantitative estimate of drug-likeness (QED) is 0.879. The SMILES string of the molecule is COC1CCN(C(=O)c2cnsn2)C(CN)C1.Cl. The number of hydrogen-bond donors (Lipinski definition) is 1. The van der Waals surface area contributed by atoms with Gasteiger partial charge in [0.2, 0.25) is 0 Å². The van der Waals surface area contributed by atoms with Gasteiger partial charge in [0.25, 0.3) is 5.91 Å². The van der Waals surface area contributed by atoms with E-state index in [0.717, 1.165) is 24.6 Å². The van der Waals surface area contributed by atoms with E-state index in [2.05, 4.69) is 8.75 Å². The number of aromatic nitrogens is 2. The van der Waals surface area contributed by atoms with Gasteiger partial charge in [-0.1, -0.05) is 0 Å². The molecular formula is C10H17ClN4O2S. The van der Waals surface area contributed by atoms with Crippen LogP contribution in [-0.4, -0.2) is 51.9 Å². The van der Waals surface area contributed by atoms with Crippen LogP contribution < -0.4 is 5.73 Å². The molecule has 1 aliphatic heterocycles. The number of halogens is 1. The maximum atomic E-state index is 12.2.